The number of aryl methyl sites for hydroxylation is 1. The van der Waals surface area contributed by atoms with E-state index in [0.29, 0.717) is 11.9 Å². The third kappa shape index (κ3) is 6.11. The van der Waals surface area contributed by atoms with Crippen molar-refractivity contribution in [1.29, 1.82) is 0 Å². The summed E-state index contributed by atoms with van der Waals surface area (Å²) in [7, 11) is 0. The molecule has 1 fully saturated rings. The van der Waals surface area contributed by atoms with Gasteiger partial charge >= 0.3 is 0 Å². The molecule has 2 aliphatic rings. The Morgan fingerprint density at radius 3 is 2.84 bits per heavy atom. The molecule has 1 atom stereocenters. The Kier molecular flexibility index (Phi) is 8.45. The maximum atomic E-state index is 6.13. The number of hydrogen-bond donors (Lipinski definition) is 2. The summed E-state index contributed by atoms with van der Waals surface area (Å²) in [6, 6.07) is 6.46. The van der Waals surface area contributed by atoms with Crippen molar-refractivity contribution in [3.8, 4) is 0 Å². The lowest BCUT2D eigenvalue weighted by atomic mass is 9.90. The lowest BCUT2D eigenvalue weighted by molar-refractivity contribution is 0.0323. The molecule has 0 saturated carbocycles. The predicted molar refractivity (Wildman–Crippen MR) is 115 cm³/mol. The highest BCUT2D eigenvalue weighted by Gasteiger charge is 2.15. The summed E-state index contributed by atoms with van der Waals surface area (Å²) in [4.78, 5) is 7.00. The van der Waals surface area contributed by atoms with Gasteiger partial charge in [-0.25, -0.2) is 0 Å². The average Bonchev–Trinajstić information content (AvgIpc) is 2.61. The Labute approximate surface area is 168 Å². The van der Waals surface area contributed by atoms with Gasteiger partial charge in [0.15, 0.2) is 5.96 Å². The summed E-state index contributed by atoms with van der Waals surface area (Å²) in [6.45, 7) is 7.79. The quantitative estimate of drug-likeness (QED) is 0.405. The van der Waals surface area contributed by atoms with Gasteiger partial charge in [-0.1, -0.05) is 19.1 Å². The Balaban J connectivity index is 0.00000225. The molecule has 1 aliphatic carbocycles. The number of guanidine groups is 1. The van der Waals surface area contributed by atoms with E-state index >= 15 is 0 Å². The number of fused-ring (bicyclic) bond motifs is 1. The highest BCUT2D eigenvalue weighted by atomic mass is 127. The normalized spacial score (nSPS) is 19.6. The number of nitrogens with two attached hydrogens (primary N) is 1. The largest absolute Gasteiger partial charge is 0.379 e. The van der Waals surface area contributed by atoms with Crippen LogP contribution >= 0.6 is 24.0 Å². The summed E-state index contributed by atoms with van der Waals surface area (Å²) >= 11 is 0. The second-order valence-corrected chi connectivity index (χ2v) is 7.02. The van der Waals surface area contributed by atoms with E-state index in [1.165, 1.54) is 30.4 Å². The fraction of sp³-hybridized carbons (Fsp3) is 0.632. The van der Waals surface area contributed by atoms with Gasteiger partial charge in [0.25, 0.3) is 0 Å². The molecule has 140 valence electrons. The Morgan fingerprint density at radius 1 is 1.28 bits per heavy atom. The van der Waals surface area contributed by atoms with Gasteiger partial charge in [-0.3, -0.25) is 9.89 Å². The van der Waals surface area contributed by atoms with Crippen molar-refractivity contribution < 1.29 is 4.74 Å². The van der Waals surface area contributed by atoms with Gasteiger partial charge in [0.1, 0.15) is 0 Å². The first-order valence-electron chi connectivity index (χ1n) is 9.20. The maximum Gasteiger partial charge on any atom is 0.193 e. The fourth-order valence-electron chi connectivity index (χ4n) is 3.61. The van der Waals surface area contributed by atoms with E-state index in [9.17, 15) is 0 Å². The zero-order chi connectivity index (χ0) is 16.8. The first kappa shape index (κ1) is 20.5. The lowest BCUT2D eigenvalue weighted by Gasteiger charge is -2.28. The van der Waals surface area contributed by atoms with Crippen LogP contribution in [0.1, 0.15) is 30.9 Å². The van der Waals surface area contributed by atoms with Crippen molar-refractivity contribution in [2.75, 3.05) is 44.7 Å². The maximum absolute atomic E-state index is 6.13. The van der Waals surface area contributed by atoms with Crippen LogP contribution in [0.2, 0.25) is 0 Å². The summed E-state index contributed by atoms with van der Waals surface area (Å²) < 4.78 is 5.39. The van der Waals surface area contributed by atoms with Gasteiger partial charge in [0.05, 0.1) is 13.2 Å². The Bertz CT molecular complexity index is 573. The highest BCUT2D eigenvalue weighted by Crippen LogP contribution is 2.27. The molecule has 6 heteroatoms. The molecule has 0 aromatic heterocycles. The first-order chi connectivity index (χ1) is 11.7. The predicted octanol–water partition coefficient (Wildman–Crippen LogP) is 2.88. The van der Waals surface area contributed by atoms with Gasteiger partial charge < -0.3 is 15.8 Å². The van der Waals surface area contributed by atoms with Crippen LogP contribution in [-0.2, 0) is 17.6 Å². The van der Waals surface area contributed by atoms with E-state index < -0.39 is 0 Å². The molecule has 1 aromatic carbocycles. The third-order valence-electron chi connectivity index (χ3n) is 4.91. The van der Waals surface area contributed by atoms with E-state index in [1.54, 1.807) is 0 Å². The van der Waals surface area contributed by atoms with Crippen molar-refractivity contribution in [1.82, 2.24) is 4.90 Å². The molecule has 1 heterocycles. The number of morpholine rings is 1. The molecule has 5 nitrogen and oxygen atoms in total. The lowest BCUT2D eigenvalue weighted by Crippen LogP contribution is -2.39. The topological polar surface area (TPSA) is 62.9 Å². The number of halogens is 1. The molecule has 3 rings (SSSR count). The second kappa shape index (κ2) is 10.3. The number of rotatable bonds is 5. The van der Waals surface area contributed by atoms with Crippen molar-refractivity contribution in [2.45, 2.75) is 32.6 Å². The van der Waals surface area contributed by atoms with E-state index in [2.05, 4.69) is 40.3 Å². The van der Waals surface area contributed by atoms with Crippen LogP contribution in [-0.4, -0.2) is 50.3 Å². The fourth-order valence-corrected chi connectivity index (χ4v) is 3.61. The minimum Gasteiger partial charge on any atom is -0.379 e. The summed E-state index contributed by atoms with van der Waals surface area (Å²) in [5, 5.41) is 3.32. The number of hydrogen-bond acceptors (Lipinski definition) is 3. The molecular formula is C19H31IN4O. The van der Waals surface area contributed by atoms with Crippen molar-refractivity contribution in [3.05, 3.63) is 29.3 Å². The van der Waals surface area contributed by atoms with Crippen LogP contribution in [0.15, 0.2) is 23.2 Å². The Hall–Kier alpha value is -0.860. The summed E-state index contributed by atoms with van der Waals surface area (Å²) in [6.07, 6.45) is 4.87. The minimum absolute atomic E-state index is 0. The second-order valence-electron chi connectivity index (χ2n) is 7.02. The number of anilines is 1. The molecule has 0 amide bonds. The van der Waals surface area contributed by atoms with E-state index in [1.807, 2.05) is 0 Å². The van der Waals surface area contributed by atoms with Crippen molar-refractivity contribution >= 4 is 35.6 Å². The zero-order valence-corrected chi connectivity index (χ0v) is 17.5. The summed E-state index contributed by atoms with van der Waals surface area (Å²) in [5.41, 5.74) is 10.1. The molecule has 25 heavy (non-hydrogen) atoms. The third-order valence-corrected chi connectivity index (χ3v) is 4.91. The number of benzene rings is 1. The zero-order valence-electron chi connectivity index (χ0n) is 15.2. The van der Waals surface area contributed by atoms with E-state index in [4.69, 9.17) is 10.5 Å². The summed E-state index contributed by atoms with van der Waals surface area (Å²) in [5.74, 6) is 1.02. The molecule has 0 radical (unpaired) electrons. The van der Waals surface area contributed by atoms with Crippen molar-refractivity contribution in [2.24, 2.45) is 16.6 Å². The molecule has 3 N–H and O–H groups in total. The van der Waals surface area contributed by atoms with Gasteiger partial charge in [-0.15, -0.1) is 24.0 Å². The molecule has 1 aliphatic heterocycles. The minimum atomic E-state index is 0. The van der Waals surface area contributed by atoms with Crippen LogP contribution < -0.4 is 11.1 Å². The highest BCUT2D eigenvalue weighted by molar-refractivity contribution is 14.0. The number of nitrogens with zero attached hydrogens (tertiary/aromatic N) is 2. The standard InChI is InChI=1S/C19H30N4O.HI/c1-15(14-23-9-11-24-12-10-23)13-21-19(20)22-18-8-4-6-16-5-2-3-7-17(16)18;/h4,6,8,15H,2-3,5,7,9-14H2,1H3,(H3,20,21,22);1H. The molecule has 1 saturated heterocycles. The molecule has 0 bridgehead atoms. The average molecular weight is 458 g/mol. The monoisotopic (exact) mass is 458 g/mol. The van der Waals surface area contributed by atoms with Gasteiger partial charge in [0.2, 0.25) is 0 Å². The van der Waals surface area contributed by atoms with E-state index in [0.717, 1.165) is 51.5 Å². The van der Waals surface area contributed by atoms with Crippen molar-refractivity contribution in [3.63, 3.8) is 0 Å². The number of aliphatic imine (C=N–C) groups is 1. The van der Waals surface area contributed by atoms with Crippen LogP contribution in [0.3, 0.4) is 0 Å². The molecule has 1 unspecified atom stereocenters. The van der Waals surface area contributed by atoms with Crippen LogP contribution in [0, 0.1) is 5.92 Å². The SMILES string of the molecule is CC(CN=C(N)Nc1cccc2c1CCCC2)CN1CCOCC1.I. The van der Waals surface area contributed by atoms with Gasteiger partial charge in [-0.05, 0) is 48.8 Å². The molecular weight excluding hydrogens is 427 g/mol. The van der Waals surface area contributed by atoms with Gasteiger partial charge in [0, 0.05) is 31.9 Å². The van der Waals surface area contributed by atoms with Crippen LogP contribution in [0.5, 0.6) is 0 Å². The van der Waals surface area contributed by atoms with Gasteiger partial charge in [-0.2, -0.15) is 0 Å². The smallest absolute Gasteiger partial charge is 0.193 e. The Morgan fingerprint density at radius 2 is 2.04 bits per heavy atom. The van der Waals surface area contributed by atoms with Crippen LogP contribution in [0.4, 0.5) is 5.69 Å². The number of ether oxygens (including phenoxy) is 1. The first-order valence-corrected chi connectivity index (χ1v) is 9.20. The molecule has 0 spiro atoms. The molecule has 1 aromatic rings. The van der Waals surface area contributed by atoms with E-state index in [-0.39, 0.29) is 24.0 Å². The number of nitrogens with one attached hydrogen (secondary N) is 1. The van der Waals surface area contributed by atoms with Crippen LogP contribution in [0.25, 0.3) is 0 Å².